The normalized spacial score (nSPS) is 12.5. The second kappa shape index (κ2) is 15.9. The summed E-state index contributed by atoms with van der Waals surface area (Å²) < 4.78 is 0. The lowest BCUT2D eigenvalue weighted by Gasteiger charge is -2.20. The Kier molecular flexibility index (Phi) is 17.6. The number of likely N-dealkylation sites (N-methyl/N-ethyl adjacent to an activating group) is 1. The third-order valence-corrected chi connectivity index (χ3v) is 3.10. The maximum atomic E-state index is 9.00. The van der Waals surface area contributed by atoms with Crippen molar-refractivity contribution < 1.29 is 15.3 Å². The molecule has 118 valence electrons. The number of aliphatic hydroxyl groups is 3. The number of aliphatic hydroxyl groups excluding tert-OH is 3. The Morgan fingerprint density at radius 3 is 1.63 bits per heavy atom. The smallest absolute Gasteiger partial charge is 0.0897 e. The molecule has 0 aromatic heterocycles. The van der Waals surface area contributed by atoms with Crippen LogP contribution in [0.3, 0.4) is 0 Å². The number of hydrogen-bond acceptors (Lipinski definition) is 5. The number of nitrogens with zero attached hydrogens (tertiary/aromatic N) is 2. The molecule has 5 heteroatoms. The average Bonchev–Trinajstić information content (AvgIpc) is 2.46. The maximum absolute atomic E-state index is 9.00. The van der Waals surface area contributed by atoms with Gasteiger partial charge in [-0.3, -0.25) is 0 Å². The second-order valence-electron chi connectivity index (χ2n) is 4.43. The van der Waals surface area contributed by atoms with Gasteiger partial charge in [-0.25, -0.2) is 0 Å². The molecule has 1 atom stereocenters. The molecule has 5 nitrogen and oxygen atoms in total. The molecule has 0 saturated carbocycles. The van der Waals surface area contributed by atoms with Gasteiger partial charge in [0.1, 0.15) is 0 Å². The summed E-state index contributed by atoms with van der Waals surface area (Å²) in [4.78, 5) is 4.37. The van der Waals surface area contributed by atoms with E-state index in [4.69, 9.17) is 15.3 Å². The van der Waals surface area contributed by atoms with E-state index < -0.39 is 6.10 Å². The summed E-state index contributed by atoms with van der Waals surface area (Å²) in [5, 5.41) is 26.0. The van der Waals surface area contributed by atoms with Crippen LogP contribution in [0.5, 0.6) is 0 Å². The Labute approximate surface area is 118 Å². The zero-order chi connectivity index (χ0) is 15.1. The van der Waals surface area contributed by atoms with Gasteiger partial charge < -0.3 is 25.1 Å². The van der Waals surface area contributed by atoms with Crippen LogP contribution >= 0.6 is 0 Å². The van der Waals surface area contributed by atoms with Gasteiger partial charge in [-0.2, -0.15) is 0 Å². The molecular weight excluding hydrogens is 244 g/mol. The molecule has 0 aromatic carbocycles. The van der Waals surface area contributed by atoms with Gasteiger partial charge in [0, 0.05) is 19.7 Å². The van der Waals surface area contributed by atoms with Crippen LogP contribution in [0.25, 0.3) is 0 Å². The van der Waals surface area contributed by atoms with Crippen LogP contribution in [0.4, 0.5) is 0 Å². The first kappa shape index (κ1) is 21.1. The minimum absolute atomic E-state index is 0.142. The minimum Gasteiger partial charge on any atom is -0.396 e. The van der Waals surface area contributed by atoms with Crippen molar-refractivity contribution in [2.24, 2.45) is 0 Å². The van der Waals surface area contributed by atoms with Gasteiger partial charge in [0.2, 0.25) is 0 Å². The van der Waals surface area contributed by atoms with Crippen molar-refractivity contribution in [1.29, 1.82) is 0 Å². The molecule has 0 saturated heterocycles. The molecule has 0 amide bonds. The van der Waals surface area contributed by atoms with Crippen molar-refractivity contribution in [3.05, 3.63) is 0 Å². The van der Waals surface area contributed by atoms with Crippen molar-refractivity contribution in [1.82, 2.24) is 9.80 Å². The van der Waals surface area contributed by atoms with Crippen LogP contribution in [0, 0.1) is 0 Å². The SMILES string of the molecule is CCN(CC)CC(O)CO.CCN(CC)CCCO. The molecule has 0 rings (SSSR count). The molecule has 0 aliphatic rings. The molecule has 0 heterocycles. The van der Waals surface area contributed by atoms with E-state index in [-0.39, 0.29) is 6.61 Å². The Hall–Kier alpha value is -0.200. The first-order valence-electron chi connectivity index (χ1n) is 7.43. The summed E-state index contributed by atoms with van der Waals surface area (Å²) in [6.07, 6.45) is 0.321. The standard InChI is InChI=1S/C7H17NO2.C7H17NO/c1-3-8(4-2)5-7(10)6-9;1-3-8(4-2)6-5-7-9/h7,9-10H,3-6H2,1-2H3;9H,3-7H2,1-2H3. The Morgan fingerprint density at radius 1 is 0.842 bits per heavy atom. The summed E-state index contributed by atoms with van der Waals surface area (Å²) >= 11 is 0. The molecule has 0 radical (unpaired) electrons. The van der Waals surface area contributed by atoms with Crippen LogP contribution in [-0.4, -0.2) is 83.7 Å². The fraction of sp³-hybridized carbons (Fsp3) is 1.00. The predicted octanol–water partition coefficient (Wildman–Crippen LogP) is 0.392. The molecule has 0 aliphatic carbocycles. The van der Waals surface area contributed by atoms with Crippen molar-refractivity contribution in [2.75, 3.05) is 52.5 Å². The van der Waals surface area contributed by atoms with Gasteiger partial charge in [-0.1, -0.05) is 27.7 Å². The summed E-state index contributed by atoms with van der Waals surface area (Å²) in [6, 6.07) is 0. The lowest BCUT2D eigenvalue weighted by Crippen LogP contribution is -2.33. The van der Waals surface area contributed by atoms with E-state index in [0.29, 0.717) is 13.2 Å². The van der Waals surface area contributed by atoms with Crippen molar-refractivity contribution >= 4 is 0 Å². The molecule has 0 fully saturated rings. The van der Waals surface area contributed by atoms with Gasteiger partial charge in [0.25, 0.3) is 0 Å². The molecule has 0 spiro atoms. The highest BCUT2D eigenvalue weighted by Gasteiger charge is 2.05. The summed E-state index contributed by atoms with van der Waals surface area (Å²) in [6.45, 7) is 14.2. The first-order valence-corrected chi connectivity index (χ1v) is 7.43. The van der Waals surface area contributed by atoms with Crippen LogP contribution < -0.4 is 0 Å². The van der Waals surface area contributed by atoms with Crippen LogP contribution in [-0.2, 0) is 0 Å². The van der Waals surface area contributed by atoms with Crippen LogP contribution in [0.15, 0.2) is 0 Å². The van der Waals surface area contributed by atoms with E-state index in [2.05, 4.69) is 23.6 Å². The maximum Gasteiger partial charge on any atom is 0.0897 e. The Morgan fingerprint density at radius 2 is 1.32 bits per heavy atom. The van der Waals surface area contributed by atoms with E-state index in [0.717, 1.165) is 39.1 Å². The van der Waals surface area contributed by atoms with Crippen molar-refractivity contribution in [2.45, 2.75) is 40.2 Å². The number of rotatable bonds is 10. The largest absolute Gasteiger partial charge is 0.396 e. The summed E-state index contributed by atoms with van der Waals surface area (Å²) in [5.74, 6) is 0. The Bertz CT molecular complexity index is 163. The minimum atomic E-state index is -0.583. The number of hydrogen-bond donors (Lipinski definition) is 3. The highest BCUT2D eigenvalue weighted by molar-refractivity contribution is 4.59. The zero-order valence-corrected chi connectivity index (χ0v) is 13.2. The average molecular weight is 278 g/mol. The van der Waals surface area contributed by atoms with Gasteiger partial charge in [-0.15, -0.1) is 0 Å². The second-order valence-corrected chi connectivity index (χ2v) is 4.43. The first-order chi connectivity index (χ1) is 9.09. The molecule has 3 N–H and O–H groups in total. The predicted molar refractivity (Wildman–Crippen MR) is 80.4 cm³/mol. The van der Waals surface area contributed by atoms with E-state index in [9.17, 15) is 0 Å². The fourth-order valence-corrected chi connectivity index (χ4v) is 1.67. The quantitative estimate of drug-likeness (QED) is 0.539. The summed E-state index contributed by atoms with van der Waals surface area (Å²) in [7, 11) is 0. The highest BCUT2D eigenvalue weighted by atomic mass is 16.3. The topological polar surface area (TPSA) is 67.2 Å². The van der Waals surface area contributed by atoms with Crippen molar-refractivity contribution in [3.63, 3.8) is 0 Å². The lowest BCUT2D eigenvalue weighted by molar-refractivity contribution is 0.0623. The molecule has 0 aromatic rings. The zero-order valence-electron chi connectivity index (χ0n) is 13.2. The van der Waals surface area contributed by atoms with E-state index in [1.807, 2.05) is 13.8 Å². The lowest BCUT2D eigenvalue weighted by atomic mass is 10.3. The van der Waals surface area contributed by atoms with Crippen LogP contribution in [0.1, 0.15) is 34.1 Å². The molecular formula is C14H34N2O3. The van der Waals surface area contributed by atoms with Gasteiger partial charge >= 0.3 is 0 Å². The van der Waals surface area contributed by atoms with E-state index >= 15 is 0 Å². The molecule has 0 aliphatic heterocycles. The van der Waals surface area contributed by atoms with Gasteiger partial charge in [0.15, 0.2) is 0 Å². The monoisotopic (exact) mass is 278 g/mol. The van der Waals surface area contributed by atoms with E-state index in [1.54, 1.807) is 0 Å². The molecule has 1 unspecified atom stereocenters. The molecule has 0 bridgehead atoms. The van der Waals surface area contributed by atoms with Crippen LogP contribution in [0.2, 0.25) is 0 Å². The van der Waals surface area contributed by atoms with Gasteiger partial charge in [-0.05, 0) is 32.6 Å². The van der Waals surface area contributed by atoms with E-state index in [1.165, 1.54) is 0 Å². The third kappa shape index (κ3) is 14.0. The van der Waals surface area contributed by atoms with Gasteiger partial charge in [0.05, 0.1) is 12.7 Å². The Balaban J connectivity index is 0. The highest BCUT2D eigenvalue weighted by Crippen LogP contribution is 1.90. The third-order valence-electron chi connectivity index (χ3n) is 3.10. The van der Waals surface area contributed by atoms with Crippen molar-refractivity contribution in [3.8, 4) is 0 Å². The fourth-order valence-electron chi connectivity index (χ4n) is 1.67. The molecule has 19 heavy (non-hydrogen) atoms. The summed E-state index contributed by atoms with van der Waals surface area (Å²) in [5.41, 5.74) is 0.